The van der Waals surface area contributed by atoms with Gasteiger partial charge in [0.05, 0.1) is 5.69 Å². The number of ether oxygens (including phenoxy) is 1. The van der Waals surface area contributed by atoms with Crippen LogP contribution in [0.2, 0.25) is 0 Å². The van der Waals surface area contributed by atoms with Crippen molar-refractivity contribution in [2.75, 3.05) is 44.4 Å². The van der Waals surface area contributed by atoms with Gasteiger partial charge >= 0.3 is 6.09 Å². The molecule has 0 radical (unpaired) electrons. The lowest BCUT2D eigenvalue weighted by Gasteiger charge is -2.39. The average Bonchev–Trinajstić information content (AvgIpc) is 2.92. The van der Waals surface area contributed by atoms with Crippen LogP contribution in [0.3, 0.4) is 0 Å². The van der Waals surface area contributed by atoms with Crippen molar-refractivity contribution in [3.8, 4) is 11.1 Å². The molecule has 1 saturated heterocycles. The van der Waals surface area contributed by atoms with Crippen LogP contribution in [0.15, 0.2) is 41.3 Å². The summed E-state index contributed by atoms with van der Waals surface area (Å²) in [6.45, 7) is 9.37. The van der Waals surface area contributed by atoms with Crippen LogP contribution in [-0.4, -0.2) is 67.0 Å². The highest BCUT2D eigenvalue weighted by Gasteiger charge is 2.45. The lowest BCUT2D eigenvalue weighted by atomic mass is 9.87. The van der Waals surface area contributed by atoms with Crippen LogP contribution in [-0.2, 0) is 11.3 Å². The molecule has 5 rings (SSSR count). The Labute approximate surface area is 208 Å². The zero-order valence-corrected chi connectivity index (χ0v) is 22.0. The first-order valence-corrected chi connectivity index (χ1v) is 13.5. The molecule has 0 aromatic heterocycles. The van der Waals surface area contributed by atoms with E-state index in [2.05, 4.69) is 60.3 Å². The van der Waals surface area contributed by atoms with Crippen molar-refractivity contribution in [1.82, 2.24) is 9.80 Å². The number of hydrogen-bond acceptors (Lipinski definition) is 5. The van der Waals surface area contributed by atoms with Crippen LogP contribution in [0.5, 0.6) is 0 Å². The lowest BCUT2D eigenvalue weighted by Crippen LogP contribution is -2.49. The summed E-state index contributed by atoms with van der Waals surface area (Å²) < 4.78 is 5.73. The molecule has 0 aliphatic carbocycles. The molecule has 1 fully saturated rings. The fraction of sp³-hybridized carbons (Fsp3) is 0.536. The Kier molecular flexibility index (Phi) is 6.32. The van der Waals surface area contributed by atoms with Gasteiger partial charge in [0.15, 0.2) is 0 Å². The van der Waals surface area contributed by atoms with E-state index in [-0.39, 0.29) is 6.09 Å². The van der Waals surface area contributed by atoms with Gasteiger partial charge in [0.2, 0.25) is 0 Å². The van der Waals surface area contributed by atoms with Gasteiger partial charge in [-0.05, 0) is 93.9 Å². The third kappa shape index (κ3) is 4.67. The maximum Gasteiger partial charge on any atom is 0.410 e. The Morgan fingerprint density at radius 2 is 1.97 bits per heavy atom. The summed E-state index contributed by atoms with van der Waals surface area (Å²) in [5.74, 6) is 1.49. The van der Waals surface area contributed by atoms with Crippen molar-refractivity contribution in [1.29, 1.82) is 0 Å². The normalized spacial score (nSPS) is 21.8. The van der Waals surface area contributed by atoms with Crippen molar-refractivity contribution >= 4 is 23.5 Å². The summed E-state index contributed by atoms with van der Waals surface area (Å²) in [6, 6.07) is 14.2. The predicted molar refractivity (Wildman–Crippen MR) is 141 cm³/mol. The monoisotopic (exact) mass is 479 g/mol. The minimum absolute atomic E-state index is 0.180. The smallest absolute Gasteiger partial charge is 0.410 e. The Balaban J connectivity index is 1.51. The molecule has 2 atom stereocenters. The summed E-state index contributed by atoms with van der Waals surface area (Å²) in [5.41, 5.74) is 6.27. The first-order valence-electron chi connectivity index (χ1n) is 12.5. The highest BCUT2D eigenvalue weighted by Crippen LogP contribution is 2.52. The van der Waals surface area contributed by atoms with E-state index < -0.39 is 5.60 Å². The Morgan fingerprint density at radius 1 is 1.15 bits per heavy atom. The van der Waals surface area contributed by atoms with Gasteiger partial charge in [-0.1, -0.05) is 18.2 Å². The van der Waals surface area contributed by atoms with Crippen LogP contribution in [0.1, 0.15) is 50.7 Å². The first kappa shape index (κ1) is 23.6. The van der Waals surface area contributed by atoms with E-state index in [0.717, 1.165) is 38.4 Å². The molecule has 0 spiro atoms. The molecule has 0 saturated carbocycles. The predicted octanol–water partition coefficient (Wildman–Crippen LogP) is 5.82. The number of nitrogens with zero attached hydrogens (tertiary/aromatic N) is 3. The van der Waals surface area contributed by atoms with Gasteiger partial charge in [-0.15, -0.1) is 11.8 Å². The second-order valence-corrected chi connectivity index (χ2v) is 12.3. The molecular weight excluding hydrogens is 442 g/mol. The standard InChI is InChI=1S/C28H37N3O2S/c1-28(2,3)33-27(32)30-12-10-24-23(18-30)22-15-21(16-25-26(22)31(24)11-7-13-34-25)20-9-6-8-19(14-20)17-29(4)5/h6,8-9,14-16,23-24H,7,10-13,17-18H2,1-5H3/t23-,24-/m0/s1. The maximum absolute atomic E-state index is 12.9. The number of anilines is 1. The third-order valence-corrected chi connectivity index (χ3v) is 8.09. The second kappa shape index (κ2) is 9.12. The number of benzene rings is 2. The number of fused-ring (bicyclic) bond motifs is 3. The number of carbonyl (C=O) groups excluding carboxylic acids is 1. The number of carbonyl (C=O) groups is 1. The van der Waals surface area contributed by atoms with E-state index in [4.69, 9.17) is 4.74 Å². The Bertz CT molecular complexity index is 1080. The third-order valence-electron chi connectivity index (χ3n) is 6.98. The van der Waals surface area contributed by atoms with Gasteiger partial charge in [-0.2, -0.15) is 0 Å². The van der Waals surface area contributed by atoms with Crippen molar-refractivity contribution in [2.45, 2.75) is 62.6 Å². The van der Waals surface area contributed by atoms with E-state index in [1.54, 1.807) is 0 Å². The van der Waals surface area contributed by atoms with Crippen molar-refractivity contribution in [2.24, 2.45) is 0 Å². The van der Waals surface area contributed by atoms with E-state index in [1.165, 1.54) is 39.3 Å². The van der Waals surface area contributed by atoms with Crippen molar-refractivity contribution < 1.29 is 9.53 Å². The van der Waals surface area contributed by atoms with E-state index >= 15 is 0 Å². The summed E-state index contributed by atoms with van der Waals surface area (Å²) in [5, 5.41) is 0. The number of rotatable bonds is 3. The molecule has 0 unspecified atom stereocenters. The molecule has 0 N–H and O–H groups in total. The lowest BCUT2D eigenvalue weighted by molar-refractivity contribution is 0.0189. The highest BCUT2D eigenvalue weighted by atomic mass is 32.2. The largest absolute Gasteiger partial charge is 0.444 e. The fourth-order valence-corrected chi connectivity index (χ4v) is 6.76. The first-order chi connectivity index (χ1) is 16.2. The number of piperidine rings is 1. The maximum atomic E-state index is 12.9. The zero-order chi connectivity index (χ0) is 24.0. The minimum Gasteiger partial charge on any atom is -0.444 e. The van der Waals surface area contributed by atoms with Crippen LogP contribution < -0.4 is 4.90 Å². The summed E-state index contributed by atoms with van der Waals surface area (Å²) in [4.78, 5) is 21.1. The van der Waals surface area contributed by atoms with Gasteiger partial charge in [-0.25, -0.2) is 4.79 Å². The van der Waals surface area contributed by atoms with E-state index in [9.17, 15) is 4.79 Å². The molecule has 2 aromatic carbocycles. The molecule has 3 aliphatic rings. The Morgan fingerprint density at radius 3 is 2.74 bits per heavy atom. The second-order valence-electron chi connectivity index (χ2n) is 11.1. The SMILES string of the molecule is CN(C)Cc1cccc(-c2cc3c4c(c2)[C@@H]2CN(C(=O)OC(C)(C)C)CC[C@@H]2N4CCCS3)c1. The fourth-order valence-electron chi connectivity index (χ4n) is 5.68. The molecule has 6 heteroatoms. The van der Waals surface area contributed by atoms with Crippen molar-refractivity contribution in [3.05, 3.63) is 47.5 Å². The quantitative estimate of drug-likeness (QED) is 0.554. The molecule has 182 valence electrons. The van der Waals surface area contributed by atoms with Gasteiger partial charge in [-0.3, -0.25) is 0 Å². The van der Waals surface area contributed by atoms with Gasteiger partial charge in [0.1, 0.15) is 5.60 Å². The van der Waals surface area contributed by atoms with Crippen LogP contribution in [0.25, 0.3) is 11.1 Å². The minimum atomic E-state index is -0.469. The molecule has 3 heterocycles. The molecule has 2 aromatic rings. The number of amides is 1. The number of hydrogen-bond donors (Lipinski definition) is 0. The summed E-state index contributed by atoms with van der Waals surface area (Å²) >= 11 is 2.00. The average molecular weight is 480 g/mol. The highest BCUT2D eigenvalue weighted by molar-refractivity contribution is 7.99. The summed E-state index contributed by atoms with van der Waals surface area (Å²) in [6.07, 6.45) is 2.02. The molecule has 34 heavy (non-hydrogen) atoms. The Hall–Kier alpha value is -2.18. The van der Waals surface area contributed by atoms with Crippen LogP contribution in [0, 0.1) is 0 Å². The molecule has 0 bridgehead atoms. The molecule has 1 amide bonds. The number of likely N-dealkylation sites (tertiary alicyclic amines) is 1. The van der Waals surface area contributed by atoms with Crippen molar-refractivity contribution in [3.63, 3.8) is 0 Å². The van der Waals surface area contributed by atoms with Crippen LogP contribution >= 0.6 is 11.8 Å². The molecule has 5 nitrogen and oxygen atoms in total. The summed E-state index contributed by atoms with van der Waals surface area (Å²) in [7, 11) is 4.22. The topological polar surface area (TPSA) is 36.0 Å². The molecular formula is C28H37N3O2S. The zero-order valence-electron chi connectivity index (χ0n) is 21.1. The van der Waals surface area contributed by atoms with E-state index in [0.29, 0.717) is 12.0 Å². The van der Waals surface area contributed by atoms with Gasteiger partial charge in [0, 0.05) is 43.0 Å². The number of thioether (sulfide) groups is 1. The van der Waals surface area contributed by atoms with Crippen LogP contribution in [0.4, 0.5) is 10.5 Å². The molecule has 3 aliphatic heterocycles. The van der Waals surface area contributed by atoms with Gasteiger partial charge in [0.25, 0.3) is 0 Å². The van der Waals surface area contributed by atoms with Gasteiger partial charge < -0.3 is 19.4 Å². The van der Waals surface area contributed by atoms with E-state index in [1.807, 2.05) is 37.4 Å².